The zero-order chi connectivity index (χ0) is 21.7. The first-order chi connectivity index (χ1) is 14.4. The zero-order valence-electron chi connectivity index (χ0n) is 17.6. The molecule has 0 aliphatic carbocycles. The molecular weight excluding hydrogens is 404 g/mol. The third kappa shape index (κ3) is 4.76. The highest BCUT2D eigenvalue weighted by atomic mass is 32.2. The van der Waals surface area contributed by atoms with E-state index in [1.54, 1.807) is 62.6 Å². The molecule has 0 radical (unpaired) electrons. The van der Waals surface area contributed by atoms with Crippen LogP contribution in [0.15, 0.2) is 53.4 Å². The molecule has 30 heavy (non-hydrogen) atoms. The number of sulfonamides is 1. The number of carbonyl (C=O) groups excluding carboxylic acids is 1. The van der Waals surface area contributed by atoms with E-state index < -0.39 is 10.0 Å². The fraction of sp³-hybridized carbons (Fsp3) is 0.409. The van der Waals surface area contributed by atoms with Crippen LogP contribution in [0.3, 0.4) is 0 Å². The van der Waals surface area contributed by atoms with Gasteiger partial charge in [-0.3, -0.25) is 4.79 Å². The van der Waals surface area contributed by atoms with Gasteiger partial charge in [-0.05, 0) is 42.7 Å². The maximum Gasteiger partial charge on any atom is 0.243 e. The van der Waals surface area contributed by atoms with Crippen LogP contribution in [0, 0.1) is 5.92 Å². The fourth-order valence-electron chi connectivity index (χ4n) is 3.75. The van der Waals surface area contributed by atoms with Gasteiger partial charge in [0.25, 0.3) is 0 Å². The van der Waals surface area contributed by atoms with Crippen molar-refractivity contribution in [1.82, 2.24) is 9.21 Å². The second kappa shape index (κ2) is 9.49. The molecule has 0 bridgehead atoms. The van der Waals surface area contributed by atoms with Crippen LogP contribution in [-0.4, -0.2) is 57.9 Å². The lowest BCUT2D eigenvalue weighted by molar-refractivity contribution is -0.135. The molecule has 1 aliphatic heterocycles. The number of rotatable bonds is 7. The summed E-state index contributed by atoms with van der Waals surface area (Å²) >= 11 is 0. The Morgan fingerprint density at radius 1 is 1.10 bits per heavy atom. The number of nitrogens with zero attached hydrogens (tertiary/aromatic N) is 2. The van der Waals surface area contributed by atoms with Crippen LogP contribution in [0.2, 0.25) is 0 Å². The second-order valence-corrected chi connectivity index (χ2v) is 9.34. The Hall–Kier alpha value is -2.58. The van der Waals surface area contributed by atoms with E-state index in [0.717, 1.165) is 5.56 Å². The van der Waals surface area contributed by atoms with E-state index in [4.69, 9.17) is 9.47 Å². The summed E-state index contributed by atoms with van der Waals surface area (Å²) in [6, 6.07) is 13.9. The van der Waals surface area contributed by atoms with E-state index in [1.165, 1.54) is 4.31 Å². The molecule has 7 nitrogen and oxygen atoms in total. The first-order valence-electron chi connectivity index (χ1n) is 9.88. The molecule has 8 heteroatoms. The summed E-state index contributed by atoms with van der Waals surface area (Å²) in [5.74, 6) is 0.818. The smallest absolute Gasteiger partial charge is 0.243 e. The molecule has 1 saturated heterocycles. The maximum absolute atomic E-state index is 13.0. The average molecular weight is 433 g/mol. The molecule has 0 N–H and O–H groups in total. The Morgan fingerprint density at radius 2 is 1.80 bits per heavy atom. The molecule has 2 aromatic rings. The minimum absolute atomic E-state index is 0.0576. The number of benzene rings is 2. The van der Waals surface area contributed by atoms with Crippen LogP contribution >= 0.6 is 0 Å². The van der Waals surface area contributed by atoms with Gasteiger partial charge in [0.05, 0.1) is 25.0 Å². The van der Waals surface area contributed by atoms with Crippen molar-refractivity contribution in [2.45, 2.75) is 24.3 Å². The monoisotopic (exact) mass is 432 g/mol. The Morgan fingerprint density at radius 3 is 2.47 bits per heavy atom. The van der Waals surface area contributed by atoms with Gasteiger partial charge >= 0.3 is 0 Å². The molecule has 1 heterocycles. The van der Waals surface area contributed by atoms with E-state index in [9.17, 15) is 13.2 Å². The predicted octanol–water partition coefficient (Wildman–Crippen LogP) is 2.76. The van der Waals surface area contributed by atoms with Gasteiger partial charge in [0.15, 0.2) is 11.5 Å². The molecule has 1 aliphatic rings. The van der Waals surface area contributed by atoms with Crippen LogP contribution in [0.5, 0.6) is 11.5 Å². The van der Waals surface area contributed by atoms with Gasteiger partial charge in [0.1, 0.15) is 0 Å². The molecule has 0 aromatic heterocycles. The topological polar surface area (TPSA) is 76.2 Å². The van der Waals surface area contributed by atoms with Crippen molar-refractivity contribution in [2.24, 2.45) is 5.92 Å². The highest BCUT2D eigenvalue weighted by molar-refractivity contribution is 7.89. The van der Waals surface area contributed by atoms with Gasteiger partial charge in [-0.25, -0.2) is 8.42 Å². The molecule has 1 fully saturated rings. The summed E-state index contributed by atoms with van der Waals surface area (Å²) in [5, 5.41) is 0. The Balaban J connectivity index is 1.69. The SMILES string of the molecule is COc1ccc(CN(C)C(=O)[C@H]2CCCN(S(=O)(=O)c3ccccc3)C2)cc1OC. The molecule has 1 amide bonds. The number of piperidine rings is 1. The van der Waals surface area contributed by atoms with Gasteiger partial charge in [-0.15, -0.1) is 0 Å². The molecular formula is C22H28N2O5S. The van der Waals surface area contributed by atoms with Gasteiger partial charge in [0.2, 0.25) is 15.9 Å². The highest BCUT2D eigenvalue weighted by Crippen LogP contribution is 2.29. The number of hydrogen-bond acceptors (Lipinski definition) is 5. The number of methoxy groups -OCH3 is 2. The van der Waals surface area contributed by atoms with Crippen molar-refractivity contribution in [1.29, 1.82) is 0 Å². The van der Waals surface area contributed by atoms with Crippen molar-refractivity contribution < 1.29 is 22.7 Å². The molecule has 0 spiro atoms. The number of carbonyl (C=O) groups is 1. The van der Waals surface area contributed by atoms with E-state index in [1.807, 2.05) is 12.1 Å². The summed E-state index contributed by atoms with van der Waals surface area (Å²) in [7, 11) is 1.29. The minimum Gasteiger partial charge on any atom is -0.493 e. The zero-order valence-corrected chi connectivity index (χ0v) is 18.4. The Bertz CT molecular complexity index is 978. The van der Waals surface area contributed by atoms with E-state index >= 15 is 0 Å². The van der Waals surface area contributed by atoms with Crippen LogP contribution in [0.1, 0.15) is 18.4 Å². The van der Waals surface area contributed by atoms with Crippen LogP contribution < -0.4 is 9.47 Å². The summed E-state index contributed by atoms with van der Waals surface area (Å²) in [4.78, 5) is 14.9. The normalized spacial score (nSPS) is 17.4. The van der Waals surface area contributed by atoms with Crippen molar-refractivity contribution in [2.75, 3.05) is 34.4 Å². The molecule has 3 rings (SSSR count). The highest BCUT2D eigenvalue weighted by Gasteiger charge is 2.34. The summed E-state index contributed by atoms with van der Waals surface area (Å²) in [6.45, 7) is 1.04. The largest absolute Gasteiger partial charge is 0.493 e. The molecule has 1 atom stereocenters. The lowest BCUT2D eigenvalue weighted by atomic mass is 9.98. The number of amides is 1. The van der Waals surface area contributed by atoms with E-state index in [2.05, 4.69) is 0 Å². The Kier molecular flexibility index (Phi) is 6.99. The average Bonchev–Trinajstić information content (AvgIpc) is 2.79. The van der Waals surface area contributed by atoms with Crippen molar-refractivity contribution in [3.05, 3.63) is 54.1 Å². The number of hydrogen-bond donors (Lipinski definition) is 0. The maximum atomic E-state index is 13.0. The molecule has 2 aromatic carbocycles. The lowest BCUT2D eigenvalue weighted by Gasteiger charge is -2.33. The molecule has 162 valence electrons. The van der Waals surface area contributed by atoms with Gasteiger partial charge in [-0.2, -0.15) is 4.31 Å². The lowest BCUT2D eigenvalue weighted by Crippen LogP contribution is -2.45. The minimum atomic E-state index is -3.60. The van der Waals surface area contributed by atoms with Crippen LogP contribution in [0.4, 0.5) is 0 Å². The Labute approximate surface area is 178 Å². The quantitative estimate of drug-likeness (QED) is 0.673. The first-order valence-corrected chi connectivity index (χ1v) is 11.3. The van der Waals surface area contributed by atoms with Crippen LogP contribution in [0.25, 0.3) is 0 Å². The van der Waals surface area contributed by atoms with Gasteiger partial charge < -0.3 is 14.4 Å². The first kappa shape index (κ1) is 22.1. The summed E-state index contributed by atoms with van der Waals surface area (Å²) in [6.07, 6.45) is 1.34. The van der Waals surface area contributed by atoms with Crippen molar-refractivity contribution in [3.8, 4) is 11.5 Å². The van der Waals surface area contributed by atoms with Crippen molar-refractivity contribution >= 4 is 15.9 Å². The number of ether oxygens (including phenoxy) is 2. The standard InChI is InChI=1S/C22H28N2O5S/c1-23(15-17-11-12-20(28-2)21(14-17)29-3)22(25)18-8-7-13-24(16-18)30(26,27)19-9-5-4-6-10-19/h4-6,9-12,14,18H,7-8,13,15-16H2,1-3H3/t18-/m0/s1. The van der Waals surface area contributed by atoms with Gasteiger partial charge in [0, 0.05) is 26.7 Å². The third-order valence-corrected chi connectivity index (χ3v) is 7.24. The third-order valence-electron chi connectivity index (χ3n) is 5.36. The molecule has 0 unspecified atom stereocenters. The van der Waals surface area contributed by atoms with E-state index in [0.29, 0.717) is 37.4 Å². The second-order valence-electron chi connectivity index (χ2n) is 7.40. The van der Waals surface area contributed by atoms with E-state index in [-0.39, 0.29) is 23.3 Å². The molecule has 0 saturated carbocycles. The van der Waals surface area contributed by atoms with Crippen LogP contribution in [-0.2, 0) is 21.4 Å². The summed E-state index contributed by atoms with van der Waals surface area (Å²) in [5.41, 5.74) is 0.910. The van der Waals surface area contributed by atoms with Crippen molar-refractivity contribution in [3.63, 3.8) is 0 Å². The predicted molar refractivity (Wildman–Crippen MR) is 114 cm³/mol. The summed E-state index contributed by atoms with van der Waals surface area (Å²) < 4.78 is 37.9. The van der Waals surface area contributed by atoms with Gasteiger partial charge in [-0.1, -0.05) is 24.3 Å². The fourth-order valence-corrected chi connectivity index (χ4v) is 5.29.